The van der Waals surface area contributed by atoms with Crippen molar-refractivity contribution in [3.63, 3.8) is 0 Å². The average Bonchev–Trinajstić information content (AvgIpc) is 3.22. The van der Waals surface area contributed by atoms with Gasteiger partial charge in [0.1, 0.15) is 9.90 Å². The van der Waals surface area contributed by atoms with Crippen LogP contribution in [0.1, 0.15) is 20.8 Å². The molecule has 0 unspecified atom stereocenters. The molecular weight excluding hydrogens is 388 g/mol. The standard InChI is InChI=1S/C17H14N4O4S2/c22-16(19-20-17(23)14-7-1-2-9-18-14)12-5-3-6-13(11-12)21-27(24,25)15-8-4-10-26-15/h1-11,21H,(H,19,22)(H,20,23). The highest BCUT2D eigenvalue weighted by molar-refractivity contribution is 7.94. The molecule has 3 N–H and O–H groups in total. The van der Waals surface area contributed by atoms with Crippen molar-refractivity contribution in [3.05, 3.63) is 77.4 Å². The molecule has 8 nitrogen and oxygen atoms in total. The first-order valence-corrected chi connectivity index (χ1v) is 10.00. The highest BCUT2D eigenvalue weighted by Crippen LogP contribution is 2.20. The topological polar surface area (TPSA) is 117 Å². The van der Waals surface area contributed by atoms with E-state index in [2.05, 4.69) is 20.6 Å². The van der Waals surface area contributed by atoms with Gasteiger partial charge in [0.15, 0.2) is 0 Å². The number of hydrazine groups is 1. The zero-order valence-corrected chi connectivity index (χ0v) is 15.4. The van der Waals surface area contributed by atoms with Gasteiger partial charge in [0.05, 0.1) is 0 Å². The number of carbonyl (C=O) groups excluding carboxylic acids is 2. The predicted octanol–water partition coefficient (Wildman–Crippen LogP) is 2.02. The Hall–Kier alpha value is -3.24. The third kappa shape index (κ3) is 4.68. The number of carbonyl (C=O) groups is 2. The number of nitrogens with zero attached hydrogens (tertiary/aromatic N) is 1. The summed E-state index contributed by atoms with van der Waals surface area (Å²) in [6.07, 6.45) is 1.46. The van der Waals surface area contributed by atoms with Crippen LogP contribution in [0.3, 0.4) is 0 Å². The van der Waals surface area contributed by atoms with Crippen LogP contribution in [0.5, 0.6) is 0 Å². The van der Waals surface area contributed by atoms with Crippen molar-refractivity contribution in [1.82, 2.24) is 15.8 Å². The van der Waals surface area contributed by atoms with Gasteiger partial charge in [-0.2, -0.15) is 0 Å². The Morgan fingerprint density at radius 3 is 2.44 bits per heavy atom. The fourth-order valence-electron chi connectivity index (χ4n) is 2.09. The van der Waals surface area contributed by atoms with Crippen molar-refractivity contribution in [2.75, 3.05) is 4.72 Å². The maximum absolute atomic E-state index is 12.3. The lowest BCUT2D eigenvalue weighted by atomic mass is 10.2. The molecule has 0 aliphatic heterocycles. The van der Waals surface area contributed by atoms with Crippen LogP contribution in [-0.2, 0) is 10.0 Å². The van der Waals surface area contributed by atoms with E-state index in [9.17, 15) is 18.0 Å². The summed E-state index contributed by atoms with van der Waals surface area (Å²) in [6.45, 7) is 0. The Morgan fingerprint density at radius 2 is 1.74 bits per heavy atom. The number of anilines is 1. The SMILES string of the molecule is O=C(NNC(=O)c1ccccn1)c1cccc(NS(=O)(=O)c2cccs2)c1. The largest absolute Gasteiger partial charge is 0.288 e. The summed E-state index contributed by atoms with van der Waals surface area (Å²) in [5.74, 6) is -1.17. The molecule has 3 aromatic rings. The summed E-state index contributed by atoms with van der Waals surface area (Å²) >= 11 is 1.09. The lowest BCUT2D eigenvalue weighted by Crippen LogP contribution is -2.41. The van der Waals surface area contributed by atoms with Crippen LogP contribution < -0.4 is 15.6 Å². The van der Waals surface area contributed by atoms with E-state index in [0.29, 0.717) is 0 Å². The molecule has 0 bridgehead atoms. The Kier molecular flexibility index (Phi) is 5.48. The minimum atomic E-state index is -3.72. The molecule has 0 radical (unpaired) electrons. The number of benzene rings is 1. The molecule has 27 heavy (non-hydrogen) atoms. The number of rotatable bonds is 5. The van der Waals surface area contributed by atoms with Crippen LogP contribution in [0.15, 0.2) is 70.4 Å². The molecule has 2 heterocycles. The molecular formula is C17H14N4O4S2. The minimum Gasteiger partial charge on any atom is -0.279 e. The Bertz CT molecular complexity index is 1050. The van der Waals surface area contributed by atoms with Gasteiger partial charge in [-0.25, -0.2) is 8.42 Å². The maximum Gasteiger partial charge on any atom is 0.288 e. The van der Waals surface area contributed by atoms with Gasteiger partial charge in [-0.3, -0.25) is 30.1 Å². The molecule has 2 aromatic heterocycles. The number of hydrogen-bond acceptors (Lipinski definition) is 6. The fraction of sp³-hybridized carbons (Fsp3) is 0. The van der Waals surface area contributed by atoms with E-state index < -0.39 is 21.8 Å². The third-order valence-electron chi connectivity index (χ3n) is 3.32. The van der Waals surface area contributed by atoms with Crippen molar-refractivity contribution in [3.8, 4) is 0 Å². The second kappa shape index (κ2) is 7.98. The van der Waals surface area contributed by atoms with Crippen LogP contribution in [-0.4, -0.2) is 25.2 Å². The second-order valence-corrected chi connectivity index (χ2v) is 8.10. The van der Waals surface area contributed by atoms with E-state index in [-0.39, 0.29) is 21.2 Å². The fourth-order valence-corrected chi connectivity index (χ4v) is 4.13. The summed E-state index contributed by atoms with van der Waals surface area (Å²) in [7, 11) is -3.72. The van der Waals surface area contributed by atoms with E-state index in [1.807, 2.05) is 0 Å². The van der Waals surface area contributed by atoms with Gasteiger partial charge in [0.25, 0.3) is 21.8 Å². The molecule has 0 atom stereocenters. The van der Waals surface area contributed by atoms with E-state index in [1.54, 1.807) is 23.6 Å². The molecule has 0 aliphatic carbocycles. The Morgan fingerprint density at radius 1 is 0.926 bits per heavy atom. The average molecular weight is 402 g/mol. The van der Waals surface area contributed by atoms with E-state index in [0.717, 1.165) is 11.3 Å². The molecule has 0 saturated heterocycles. The lowest BCUT2D eigenvalue weighted by molar-refractivity contribution is 0.0844. The predicted molar refractivity (Wildman–Crippen MR) is 101 cm³/mol. The Labute approximate surface area is 159 Å². The summed E-state index contributed by atoms with van der Waals surface area (Å²) in [5, 5.41) is 1.66. The maximum atomic E-state index is 12.3. The molecule has 2 amide bonds. The van der Waals surface area contributed by atoms with Crippen molar-refractivity contribution in [1.29, 1.82) is 0 Å². The monoisotopic (exact) mass is 402 g/mol. The zero-order chi connectivity index (χ0) is 19.3. The lowest BCUT2D eigenvalue weighted by Gasteiger charge is -2.09. The number of nitrogens with one attached hydrogen (secondary N) is 3. The summed E-state index contributed by atoms with van der Waals surface area (Å²) in [6, 6.07) is 13.8. The first-order valence-electron chi connectivity index (χ1n) is 7.64. The molecule has 138 valence electrons. The normalized spacial score (nSPS) is 10.8. The van der Waals surface area contributed by atoms with Gasteiger partial charge in [-0.1, -0.05) is 18.2 Å². The summed E-state index contributed by atoms with van der Waals surface area (Å²) in [5.41, 5.74) is 5.06. The molecule has 0 aliphatic rings. The number of sulfonamides is 1. The van der Waals surface area contributed by atoms with Crippen molar-refractivity contribution < 1.29 is 18.0 Å². The third-order valence-corrected chi connectivity index (χ3v) is 6.10. The number of aromatic nitrogens is 1. The van der Waals surface area contributed by atoms with Crippen molar-refractivity contribution in [2.45, 2.75) is 4.21 Å². The highest BCUT2D eigenvalue weighted by Gasteiger charge is 2.16. The molecule has 3 rings (SSSR count). The van der Waals surface area contributed by atoms with Gasteiger partial charge in [0.2, 0.25) is 0 Å². The van der Waals surface area contributed by atoms with Crippen LogP contribution in [0.25, 0.3) is 0 Å². The summed E-state index contributed by atoms with van der Waals surface area (Å²) in [4.78, 5) is 28.0. The Balaban J connectivity index is 1.66. The molecule has 10 heteroatoms. The number of hydrogen-bond donors (Lipinski definition) is 3. The smallest absolute Gasteiger partial charge is 0.279 e. The van der Waals surface area contributed by atoms with Gasteiger partial charge < -0.3 is 0 Å². The summed E-state index contributed by atoms with van der Waals surface area (Å²) < 4.78 is 27.1. The van der Waals surface area contributed by atoms with Gasteiger partial charge in [0, 0.05) is 17.4 Å². The van der Waals surface area contributed by atoms with Gasteiger partial charge >= 0.3 is 0 Å². The molecule has 0 spiro atoms. The molecule has 0 fully saturated rings. The quantitative estimate of drug-likeness (QED) is 0.565. The minimum absolute atomic E-state index is 0.148. The van der Waals surface area contributed by atoms with Crippen LogP contribution in [0, 0.1) is 0 Å². The van der Waals surface area contributed by atoms with E-state index in [1.165, 1.54) is 42.6 Å². The van der Waals surface area contributed by atoms with Gasteiger partial charge in [-0.15, -0.1) is 11.3 Å². The van der Waals surface area contributed by atoms with E-state index in [4.69, 9.17) is 0 Å². The van der Waals surface area contributed by atoms with Crippen molar-refractivity contribution >= 4 is 38.9 Å². The zero-order valence-electron chi connectivity index (χ0n) is 13.7. The van der Waals surface area contributed by atoms with Crippen LogP contribution >= 0.6 is 11.3 Å². The molecule has 1 aromatic carbocycles. The molecule has 0 saturated carbocycles. The first-order chi connectivity index (χ1) is 13.0. The van der Waals surface area contributed by atoms with Gasteiger partial charge in [-0.05, 0) is 41.8 Å². The number of thiophene rings is 1. The van der Waals surface area contributed by atoms with Crippen LogP contribution in [0.2, 0.25) is 0 Å². The first kappa shape index (κ1) is 18.5. The number of amides is 2. The van der Waals surface area contributed by atoms with Crippen LogP contribution in [0.4, 0.5) is 5.69 Å². The highest BCUT2D eigenvalue weighted by atomic mass is 32.2. The van der Waals surface area contributed by atoms with E-state index >= 15 is 0 Å². The number of pyridine rings is 1. The van der Waals surface area contributed by atoms with Crippen molar-refractivity contribution in [2.24, 2.45) is 0 Å². The second-order valence-electron chi connectivity index (χ2n) is 5.24.